The summed E-state index contributed by atoms with van der Waals surface area (Å²) in [6.45, 7) is 0. The summed E-state index contributed by atoms with van der Waals surface area (Å²) in [5, 5.41) is 0.200. The Morgan fingerprint density at radius 3 is 2.20 bits per heavy atom. The van der Waals surface area contributed by atoms with Gasteiger partial charge in [-0.2, -0.15) is 0 Å². The largest absolute Gasteiger partial charge is 0.244 e. The molecule has 15 heavy (non-hydrogen) atoms. The molecule has 0 radical (unpaired) electrons. The molecule has 0 N–H and O–H groups in total. The Kier molecular flexibility index (Phi) is 2.75. The highest BCUT2D eigenvalue weighted by Gasteiger charge is 2.14. The van der Waals surface area contributed by atoms with Gasteiger partial charge in [0.15, 0.2) is 0 Å². The smallest absolute Gasteiger partial charge is 0.225 e. The molecule has 0 saturated carbocycles. The van der Waals surface area contributed by atoms with E-state index in [0.717, 1.165) is 0 Å². The molecule has 0 aliphatic heterocycles. The molecule has 3 nitrogen and oxygen atoms in total. The van der Waals surface area contributed by atoms with Crippen LogP contribution in [0, 0.1) is 0 Å². The van der Waals surface area contributed by atoms with Crippen molar-refractivity contribution in [3.05, 3.63) is 48.8 Å². The average Bonchev–Trinajstić information content (AvgIpc) is 2.31. The molecule has 2 rings (SSSR count). The van der Waals surface area contributed by atoms with Crippen LogP contribution in [0.1, 0.15) is 0 Å². The van der Waals surface area contributed by atoms with Crippen molar-refractivity contribution >= 4 is 19.7 Å². The van der Waals surface area contributed by atoms with Gasteiger partial charge < -0.3 is 0 Å². The molecule has 1 atom stereocenters. The molecule has 2 aromatic rings. The van der Waals surface area contributed by atoms with Gasteiger partial charge in [0.1, 0.15) is 8.49 Å². The molecule has 5 heteroatoms. The zero-order chi connectivity index (χ0) is 10.7. The van der Waals surface area contributed by atoms with Crippen molar-refractivity contribution < 1.29 is 4.21 Å². The van der Waals surface area contributed by atoms with E-state index < -0.39 is 8.49 Å². The number of hydrogen-bond acceptors (Lipinski definition) is 4. The van der Waals surface area contributed by atoms with Crippen molar-refractivity contribution in [2.24, 2.45) is 0 Å². The van der Waals surface area contributed by atoms with Gasteiger partial charge in [-0.15, -0.1) is 0 Å². The first kappa shape index (κ1) is 10.2. The van der Waals surface area contributed by atoms with Crippen LogP contribution >= 0.6 is 0 Å². The zero-order valence-electron chi connectivity index (χ0n) is 7.74. The maximum atomic E-state index is 12.3. The van der Waals surface area contributed by atoms with Crippen molar-refractivity contribution in [1.29, 1.82) is 0 Å². The lowest BCUT2D eigenvalue weighted by Gasteiger charge is -2.04. The van der Waals surface area contributed by atoms with Crippen molar-refractivity contribution in [2.75, 3.05) is 0 Å². The lowest BCUT2D eigenvalue weighted by Crippen LogP contribution is -2.04. The Bertz CT molecular complexity index is 493. The first-order valence-corrected chi connectivity index (χ1v) is 6.77. The van der Waals surface area contributed by atoms with E-state index in [1.807, 2.05) is 6.07 Å². The van der Waals surface area contributed by atoms with Gasteiger partial charge in [-0.3, -0.25) is 0 Å². The van der Waals surface area contributed by atoms with Gasteiger partial charge in [0, 0.05) is 17.3 Å². The van der Waals surface area contributed by atoms with E-state index in [9.17, 15) is 4.21 Å². The Morgan fingerprint density at radius 2 is 1.60 bits per heavy atom. The highest BCUT2D eigenvalue weighted by molar-refractivity contribution is 8.32. The summed E-state index contributed by atoms with van der Waals surface area (Å²) in [5.41, 5.74) is 0. The van der Waals surface area contributed by atoms with Crippen LogP contribution in [-0.2, 0) is 19.7 Å². The van der Waals surface area contributed by atoms with Crippen LogP contribution in [0.25, 0.3) is 0 Å². The molecule has 1 aromatic heterocycles. The molecule has 0 aliphatic carbocycles. The van der Waals surface area contributed by atoms with E-state index in [2.05, 4.69) is 9.97 Å². The topological polar surface area (TPSA) is 42.9 Å². The normalized spacial score (nSPS) is 14.4. The minimum Gasteiger partial charge on any atom is -0.244 e. The standard InChI is InChI=1S/C10H8N2OS2/c13-15(14,9-5-2-1-3-6-9)10-11-7-4-8-12-10/h1-8H. The van der Waals surface area contributed by atoms with Gasteiger partial charge >= 0.3 is 0 Å². The van der Waals surface area contributed by atoms with E-state index in [0.29, 0.717) is 4.90 Å². The number of aromatic nitrogens is 2. The Balaban J connectivity index is 2.55. The number of benzene rings is 1. The summed E-state index contributed by atoms with van der Waals surface area (Å²) < 4.78 is 12.3. The van der Waals surface area contributed by atoms with Gasteiger partial charge in [0.2, 0.25) is 5.16 Å². The SMILES string of the molecule is O=S(=S)(c1ccccc1)c1ncccn1. The molecular formula is C10H8N2OS2. The summed E-state index contributed by atoms with van der Waals surface area (Å²) in [7, 11) is -2.73. The van der Waals surface area contributed by atoms with E-state index in [1.54, 1.807) is 30.3 Å². The maximum Gasteiger partial charge on any atom is 0.225 e. The molecule has 0 saturated heterocycles. The fraction of sp³-hybridized carbons (Fsp3) is 0. The second-order valence-corrected chi connectivity index (χ2v) is 6.10. The Morgan fingerprint density at radius 1 is 1.00 bits per heavy atom. The molecule has 0 bridgehead atoms. The first-order chi connectivity index (χ1) is 7.21. The first-order valence-electron chi connectivity index (χ1n) is 4.28. The number of rotatable bonds is 2. The van der Waals surface area contributed by atoms with Crippen LogP contribution in [0.4, 0.5) is 0 Å². The summed E-state index contributed by atoms with van der Waals surface area (Å²) in [6, 6.07) is 10.6. The van der Waals surface area contributed by atoms with Crippen LogP contribution in [-0.4, -0.2) is 14.2 Å². The van der Waals surface area contributed by atoms with Crippen molar-refractivity contribution in [3.63, 3.8) is 0 Å². The van der Waals surface area contributed by atoms with Crippen LogP contribution in [0.5, 0.6) is 0 Å². The quantitative estimate of drug-likeness (QED) is 0.743. The molecular weight excluding hydrogens is 228 g/mol. The number of nitrogens with zero attached hydrogens (tertiary/aromatic N) is 2. The summed E-state index contributed by atoms with van der Waals surface area (Å²) >= 11 is 5.08. The molecule has 1 aromatic carbocycles. The minimum atomic E-state index is -2.73. The summed E-state index contributed by atoms with van der Waals surface area (Å²) in [6.07, 6.45) is 3.08. The molecule has 0 aliphatic rings. The fourth-order valence-electron chi connectivity index (χ4n) is 1.13. The average molecular weight is 236 g/mol. The minimum absolute atomic E-state index is 0.200. The molecule has 0 spiro atoms. The maximum absolute atomic E-state index is 12.3. The van der Waals surface area contributed by atoms with Crippen molar-refractivity contribution in [3.8, 4) is 0 Å². The van der Waals surface area contributed by atoms with Crippen LogP contribution in [0.3, 0.4) is 0 Å². The molecule has 1 heterocycles. The van der Waals surface area contributed by atoms with E-state index in [1.165, 1.54) is 12.4 Å². The van der Waals surface area contributed by atoms with Crippen molar-refractivity contribution in [1.82, 2.24) is 9.97 Å². The third kappa shape index (κ3) is 2.03. The highest BCUT2D eigenvalue weighted by Crippen LogP contribution is 2.16. The Labute approximate surface area is 92.9 Å². The fourth-order valence-corrected chi connectivity index (χ4v) is 2.85. The van der Waals surface area contributed by atoms with Crippen LogP contribution in [0.15, 0.2) is 58.8 Å². The predicted molar refractivity (Wildman–Crippen MR) is 60.5 cm³/mol. The van der Waals surface area contributed by atoms with Gasteiger partial charge in [0.25, 0.3) is 0 Å². The number of hydrogen-bond donors (Lipinski definition) is 0. The van der Waals surface area contributed by atoms with Gasteiger partial charge in [-0.25, -0.2) is 14.2 Å². The van der Waals surface area contributed by atoms with Crippen LogP contribution in [0.2, 0.25) is 0 Å². The Hall–Kier alpha value is -1.33. The van der Waals surface area contributed by atoms with E-state index in [4.69, 9.17) is 11.2 Å². The second kappa shape index (κ2) is 4.04. The summed E-state index contributed by atoms with van der Waals surface area (Å²) in [5.74, 6) is 0. The molecule has 1 unspecified atom stereocenters. The second-order valence-electron chi connectivity index (χ2n) is 2.85. The third-order valence-electron chi connectivity index (χ3n) is 1.84. The highest BCUT2D eigenvalue weighted by atomic mass is 32.8. The summed E-state index contributed by atoms with van der Waals surface area (Å²) in [4.78, 5) is 8.45. The van der Waals surface area contributed by atoms with E-state index in [-0.39, 0.29) is 5.16 Å². The van der Waals surface area contributed by atoms with Crippen LogP contribution < -0.4 is 0 Å². The zero-order valence-corrected chi connectivity index (χ0v) is 9.37. The lowest BCUT2D eigenvalue weighted by atomic mass is 10.4. The van der Waals surface area contributed by atoms with Gasteiger partial charge in [0.05, 0.1) is 0 Å². The monoisotopic (exact) mass is 236 g/mol. The molecule has 0 amide bonds. The van der Waals surface area contributed by atoms with E-state index >= 15 is 0 Å². The molecule has 76 valence electrons. The molecule has 0 fully saturated rings. The van der Waals surface area contributed by atoms with Gasteiger partial charge in [-0.1, -0.05) is 18.2 Å². The van der Waals surface area contributed by atoms with Crippen molar-refractivity contribution in [2.45, 2.75) is 10.1 Å². The third-order valence-corrected chi connectivity index (χ3v) is 4.44. The predicted octanol–water partition coefficient (Wildman–Crippen LogP) is 1.64. The van der Waals surface area contributed by atoms with Gasteiger partial charge in [-0.05, 0) is 29.4 Å². The lowest BCUT2D eigenvalue weighted by molar-refractivity contribution is 0.674.